The van der Waals surface area contributed by atoms with Gasteiger partial charge >= 0.3 is 0 Å². The minimum absolute atomic E-state index is 0.0763. The first kappa shape index (κ1) is 27.9. The SMILES string of the molecule is c1ccc(-c2ccc(N(c3ccc(C4(c5ccccc5)CCCCCC4)cc3)c3ccc4sc5ccccc5c4c3)cc2)cc1. The molecule has 0 saturated heterocycles. The molecule has 6 aromatic carbocycles. The van der Waals surface area contributed by atoms with E-state index in [4.69, 9.17) is 0 Å². The van der Waals surface area contributed by atoms with Crippen molar-refractivity contribution in [3.63, 3.8) is 0 Å². The number of hydrogen-bond donors (Lipinski definition) is 0. The van der Waals surface area contributed by atoms with Gasteiger partial charge in [-0.2, -0.15) is 0 Å². The smallest absolute Gasteiger partial charge is 0.0468 e. The molecule has 0 spiro atoms. The first-order valence-corrected chi connectivity index (χ1v) is 17.1. The van der Waals surface area contributed by atoms with E-state index < -0.39 is 0 Å². The molecule has 1 saturated carbocycles. The van der Waals surface area contributed by atoms with Crippen LogP contribution in [-0.4, -0.2) is 0 Å². The van der Waals surface area contributed by atoms with Crippen molar-refractivity contribution in [1.29, 1.82) is 0 Å². The van der Waals surface area contributed by atoms with Gasteiger partial charge in [-0.1, -0.05) is 129 Å². The zero-order chi connectivity index (χ0) is 30.1. The highest BCUT2D eigenvalue weighted by Crippen LogP contribution is 2.46. The van der Waals surface area contributed by atoms with Crippen LogP contribution in [0.15, 0.2) is 152 Å². The van der Waals surface area contributed by atoms with Crippen LogP contribution in [0.1, 0.15) is 49.7 Å². The van der Waals surface area contributed by atoms with Gasteiger partial charge in [-0.25, -0.2) is 0 Å². The molecular formula is C43H37NS. The van der Waals surface area contributed by atoms with Crippen LogP contribution in [0.2, 0.25) is 0 Å². The van der Waals surface area contributed by atoms with Gasteiger partial charge in [0.2, 0.25) is 0 Å². The van der Waals surface area contributed by atoms with Crippen LogP contribution in [0, 0.1) is 0 Å². The summed E-state index contributed by atoms with van der Waals surface area (Å²) in [4.78, 5) is 2.42. The second kappa shape index (κ2) is 12.0. The van der Waals surface area contributed by atoms with Gasteiger partial charge in [0, 0.05) is 42.6 Å². The van der Waals surface area contributed by atoms with E-state index in [1.807, 2.05) is 11.3 Å². The molecular weight excluding hydrogens is 563 g/mol. The van der Waals surface area contributed by atoms with Gasteiger partial charge in [0.15, 0.2) is 0 Å². The van der Waals surface area contributed by atoms with E-state index in [-0.39, 0.29) is 5.41 Å². The molecule has 1 aliphatic rings. The molecule has 0 atom stereocenters. The maximum absolute atomic E-state index is 2.42. The van der Waals surface area contributed by atoms with Gasteiger partial charge in [0.05, 0.1) is 0 Å². The van der Waals surface area contributed by atoms with Crippen LogP contribution in [0.3, 0.4) is 0 Å². The van der Waals surface area contributed by atoms with Crippen molar-refractivity contribution in [3.05, 3.63) is 163 Å². The van der Waals surface area contributed by atoms with Crippen molar-refractivity contribution < 1.29 is 0 Å². The molecule has 0 amide bonds. The Labute approximate surface area is 270 Å². The third-order valence-corrected chi connectivity index (χ3v) is 11.0. The molecule has 0 N–H and O–H groups in total. The molecule has 45 heavy (non-hydrogen) atoms. The Morgan fingerprint density at radius 2 is 0.956 bits per heavy atom. The van der Waals surface area contributed by atoms with Gasteiger partial charge in [0.1, 0.15) is 0 Å². The molecule has 0 aliphatic heterocycles. The molecule has 0 radical (unpaired) electrons. The molecule has 1 aromatic heterocycles. The van der Waals surface area contributed by atoms with Crippen LogP contribution in [0.5, 0.6) is 0 Å². The topological polar surface area (TPSA) is 3.24 Å². The Balaban J connectivity index is 1.24. The second-order valence-electron chi connectivity index (χ2n) is 12.4. The lowest BCUT2D eigenvalue weighted by Gasteiger charge is -2.35. The summed E-state index contributed by atoms with van der Waals surface area (Å²) in [5.41, 5.74) is 8.97. The number of thiophene rings is 1. The molecule has 1 aliphatic carbocycles. The van der Waals surface area contributed by atoms with Crippen molar-refractivity contribution in [3.8, 4) is 11.1 Å². The number of benzene rings is 6. The highest BCUT2D eigenvalue weighted by molar-refractivity contribution is 7.25. The Morgan fingerprint density at radius 3 is 1.67 bits per heavy atom. The molecule has 1 nitrogen and oxygen atoms in total. The monoisotopic (exact) mass is 599 g/mol. The number of rotatable bonds is 6. The van der Waals surface area contributed by atoms with E-state index in [0.717, 1.165) is 5.69 Å². The average Bonchev–Trinajstić information content (AvgIpc) is 3.29. The Kier molecular flexibility index (Phi) is 7.45. The highest BCUT2D eigenvalue weighted by atomic mass is 32.1. The summed E-state index contributed by atoms with van der Waals surface area (Å²) in [7, 11) is 0. The van der Waals surface area contributed by atoms with E-state index in [1.165, 1.54) is 92.3 Å². The fourth-order valence-corrected chi connectivity index (χ4v) is 8.58. The largest absolute Gasteiger partial charge is 0.310 e. The molecule has 8 rings (SSSR count). The van der Waals surface area contributed by atoms with Gasteiger partial charge in [-0.05, 0) is 83.6 Å². The standard InChI is InChI=1S/C43H37NS/c1-2-12-30-43(29-11-1,34-15-7-4-8-16-34)35-21-25-37(26-22-35)44(36-23-19-33(20-24-36)32-13-5-3-6-14-32)38-27-28-42-40(31-38)39-17-9-10-18-41(39)45-42/h3-10,13-28,31H,1-2,11-12,29-30H2. The zero-order valence-electron chi connectivity index (χ0n) is 25.5. The van der Waals surface area contributed by atoms with E-state index in [9.17, 15) is 0 Å². The predicted octanol–water partition coefficient (Wildman–Crippen LogP) is 12.8. The number of anilines is 3. The van der Waals surface area contributed by atoms with Crippen LogP contribution in [0.25, 0.3) is 31.3 Å². The quantitative estimate of drug-likeness (QED) is 0.172. The average molecular weight is 600 g/mol. The summed E-state index contributed by atoms with van der Waals surface area (Å²) in [6, 6.07) is 56.2. The van der Waals surface area contributed by atoms with Gasteiger partial charge < -0.3 is 4.90 Å². The Morgan fingerprint density at radius 1 is 0.422 bits per heavy atom. The van der Waals surface area contributed by atoms with Crippen LogP contribution in [0.4, 0.5) is 17.1 Å². The maximum atomic E-state index is 2.42. The van der Waals surface area contributed by atoms with Gasteiger partial charge in [-0.15, -0.1) is 11.3 Å². The van der Waals surface area contributed by atoms with E-state index in [2.05, 4.69) is 157 Å². The minimum atomic E-state index is 0.0763. The first-order chi connectivity index (χ1) is 22.3. The highest BCUT2D eigenvalue weighted by Gasteiger charge is 2.34. The summed E-state index contributed by atoms with van der Waals surface area (Å²) in [5, 5.41) is 2.64. The lowest BCUT2D eigenvalue weighted by Crippen LogP contribution is -2.27. The van der Waals surface area contributed by atoms with Crippen molar-refractivity contribution in [2.45, 2.75) is 43.9 Å². The summed E-state index contributed by atoms with van der Waals surface area (Å²) in [5.74, 6) is 0. The van der Waals surface area contributed by atoms with Crippen LogP contribution >= 0.6 is 11.3 Å². The zero-order valence-corrected chi connectivity index (χ0v) is 26.3. The summed E-state index contributed by atoms with van der Waals surface area (Å²) in [6.07, 6.45) is 7.65. The summed E-state index contributed by atoms with van der Waals surface area (Å²) >= 11 is 1.87. The van der Waals surface area contributed by atoms with Gasteiger partial charge in [0.25, 0.3) is 0 Å². The number of hydrogen-bond acceptors (Lipinski definition) is 2. The fourth-order valence-electron chi connectivity index (χ4n) is 7.50. The Hall–Kier alpha value is -4.66. The lowest BCUT2D eigenvalue weighted by atomic mass is 9.69. The molecule has 1 heterocycles. The molecule has 2 heteroatoms. The van der Waals surface area contributed by atoms with E-state index in [1.54, 1.807) is 0 Å². The molecule has 0 bridgehead atoms. The Bertz CT molecular complexity index is 2030. The van der Waals surface area contributed by atoms with Crippen LogP contribution < -0.4 is 4.90 Å². The normalized spacial score (nSPS) is 14.8. The molecule has 7 aromatic rings. The third kappa shape index (κ3) is 5.24. The minimum Gasteiger partial charge on any atom is -0.310 e. The van der Waals surface area contributed by atoms with E-state index in [0.29, 0.717) is 0 Å². The van der Waals surface area contributed by atoms with Crippen molar-refractivity contribution in [2.75, 3.05) is 4.90 Å². The summed E-state index contributed by atoms with van der Waals surface area (Å²) in [6.45, 7) is 0. The van der Waals surface area contributed by atoms with Crippen molar-refractivity contribution in [2.24, 2.45) is 0 Å². The van der Waals surface area contributed by atoms with Crippen LogP contribution in [-0.2, 0) is 5.41 Å². The summed E-state index contributed by atoms with van der Waals surface area (Å²) < 4.78 is 2.66. The first-order valence-electron chi connectivity index (χ1n) is 16.3. The second-order valence-corrected chi connectivity index (χ2v) is 13.5. The van der Waals surface area contributed by atoms with Crippen molar-refractivity contribution >= 4 is 48.6 Å². The maximum Gasteiger partial charge on any atom is 0.0468 e. The fraction of sp³-hybridized carbons (Fsp3) is 0.163. The number of fused-ring (bicyclic) bond motifs is 3. The third-order valence-electron chi connectivity index (χ3n) is 9.81. The predicted molar refractivity (Wildman–Crippen MR) is 194 cm³/mol. The van der Waals surface area contributed by atoms with Gasteiger partial charge in [-0.3, -0.25) is 0 Å². The molecule has 220 valence electrons. The molecule has 1 fully saturated rings. The number of nitrogens with zero attached hydrogens (tertiary/aromatic N) is 1. The molecule has 0 unspecified atom stereocenters. The lowest BCUT2D eigenvalue weighted by molar-refractivity contribution is 0.446. The van der Waals surface area contributed by atoms with E-state index >= 15 is 0 Å². The van der Waals surface area contributed by atoms with Crippen molar-refractivity contribution in [1.82, 2.24) is 0 Å².